The summed E-state index contributed by atoms with van der Waals surface area (Å²) < 4.78 is 7.67. The van der Waals surface area contributed by atoms with Gasteiger partial charge in [-0.05, 0) is 44.2 Å². The molecule has 8 heteroatoms. The van der Waals surface area contributed by atoms with Crippen LogP contribution in [0.4, 0.5) is 16.3 Å². The minimum atomic E-state index is -0.217. The number of fused-ring (bicyclic) bond motifs is 1. The Balaban J connectivity index is 1.70. The summed E-state index contributed by atoms with van der Waals surface area (Å²) in [6.45, 7) is 6.79. The fourth-order valence-electron chi connectivity index (χ4n) is 3.58. The number of benzene rings is 1. The van der Waals surface area contributed by atoms with Crippen molar-refractivity contribution in [3.05, 3.63) is 36.5 Å². The Morgan fingerprint density at radius 2 is 2.03 bits per heavy atom. The average Bonchev–Trinajstić information content (AvgIpc) is 3.09. The zero-order valence-corrected chi connectivity index (χ0v) is 17.0. The zero-order chi connectivity index (χ0) is 20.4. The van der Waals surface area contributed by atoms with Crippen LogP contribution in [0.5, 0.6) is 0 Å². The van der Waals surface area contributed by atoms with E-state index in [9.17, 15) is 4.79 Å². The number of anilines is 2. The Morgan fingerprint density at radius 1 is 1.24 bits per heavy atom. The van der Waals surface area contributed by atoms with Gasteiger partial charge in [0.1, 0.15) is 5.52 Å². The fraction of sp³-hybridized carbons (Fsp3) is 0.381. The molecule has 0 unspecified atom stereocenters. The predicted octanol–water partition coefficient (Wildman–Crippen LogP) is 3.00. The molecule has 0 bridgehead atoms. The van der Waals surface area contributed by atoms with Crippen LogP contribution in [0.25, 0.3) is 22.4 Å². The number of aromatic nitrogens is 3. The van der Waals surface area contributed by atoms with E-state index >= 15 is 0 Å². The van der Waals surface area contributed by atoms with Crippen LogP contribution in [0.3, 0.4) is 0 Å². The monoisotopic (exact) mass is 394 g/mol. The molecule has 2 N–H and O–H groups in total. The Bertz CT molecular complexity index is 1010. The molecule has 3 aromatic rings. The second-order valence-corrected chi connectivity index (χ2v) is 7.21. The topological polar surface area (TPSA) is 84.3 Å². The first-order valence-electron chi connectivity index (χ1n) is 9.89. The minimum absolute atomic E-state index is 0.217. The van der Waals surface area contributed by atoms with Gasteiger partial charge in [-0.2, -0.15) is 0 Å². The maximum absolute atomic E-state index is 11.7. The molecule has 152 valence electrons. The van der Waals surface area contributed by atoms with Gasteiger partial charge in [-0.15, -0.1) is 0 Å². The maximum atomic E-state index is 11.7. The van der Waals surface area contributed by atoms with Gasteiger partial charge in [-0.3, -0.25) is 0 Å². The fourth-order valence-corrected chi connectivity index (χ4v) is 3.58. The van der Waals surface area contributed by atoms with Gasteiger partial charge < -0.3 is 24.8 Å². The summed E-state index contributed by atoms with van der Waals surface area (Å²) in [5.74, 6) is 1.60. The van der Waals surface area contributed by atoms with Crippen LogP contribution in [-0.2, 0) is 11.8 Å². The number of rotatable bonds is 4. The van der Waals surface area contributed by atoms with Crippen molar-refractivity contribution in [1.29, 1.82) is 0 Å². The highest BCUT2D eigenvalue weighted by Gasteiger charge is 2.24. The van der Waals surface area contributed by atoms with Crippen molar-refractivity contribution in [2.45, 2.75) is 19.9 Å². The highest BCUT2D eigenvalue weighted by Crippen LogP contribution is 2.30. The summed E-state index contributed by atoms with van der Waals surface area (Å²) in [4.78, 5) is 23.7. The lowest BCUT2D eigenvalue weighted by atomic mass is 10.2. The molecule has 1 fully saturated rings. The lowest BCUT2D eigenvalue weighted by Crippen LogP contribution is -2.44. The first-order valence-corrected chi connectivity index (χ1v) is 9.89. The SMILES string of the molecule is CCNC(=O)Nc1ccc(-c2nc(N3CCOC[C@@H]3C)c3c(ccn3C)n2)cc1. The van der Waals surface area contributed by atoms with Gasteiger partial charge in [0.05, 0.1) is 24.8 Å². The van der Waals surface area contributed by atoms with Crippen molar-refractivity contribution < 1.29 is 9.53 Å². The number of hydrogen-bond acceptors (Lipinski definition) is 5. The molecular weight excluding hydrogens is 368 g/mol. The Hall–Kier alpha value is -3.13. The summed E-state index contributed by atoms with van der Waals surface area (Å²) in [6.07, 6.45) is 2.01. The number of carbonyl (C=O) groups is 1. The number of nitrogens with zero attached hydrogens (tertiary/aromatic N) is 4. The van der Waals surface area contributed by atoms with Crippen molar-refractivity contribution in [2.24, 2.45) is 7.05 Å². The summed E-state index contributed by atoms with van der Waals surface area (Å²) in [5, 5.41) is 5.52. The first-order chi connectivity index (χ1) is 14.1. The van der Waals surface area contributed by atoms with Crippen LogP contribution >= 0.6 is 0 Å². The van der Waals surface area contributed by atoms with Gasteiger partial charge in [0, 0.05) is 37.6 Å². The van der Waals surface area contributed by atoms with Gasteiger partial charge >= 0.3 is 6.03 Å². The van der Waals surface area contributed by atoms with E-state index in [1.54, 1.807) is 0 Å². The molecule has 1 aliphatic rings. The molecule has 1 saturated heterocycles. The number of aryl methyl sites for hydroxylation is 1. The lowest BCUT2D eigenvalue weighted by molar-refractivity contribution is 0.0986. The molecule has 0 aliphatic carbocycles. The molecule has 4 rings (SSSR count). The normalized spacial score (nSPS) is 16.8. The summed E-state index contributed by atoms with van der Waals surface area (Å²) in [5.41, 5.74) is 3.56. The third-order valence-electron chi connectivity index (χ3n) is 5.08. The Kier molecular flexibility index (Phi) is 5.35. The third-order valence-corrected chi connectivity index (χ3v) is 5.08. The molecule has 1 aliphatic heterocycles. The van der Waals surface area contributed by atoms with Crippen LogP contribution < -0.4 is 15.5 Å². The Labute approximate surface area is 169 Å². The quantitative estimate of drug-likeness (QED) is 0.711. The molecular formula is C21H26N6O2. The van der Waals surface area contributed by atoms with Crippen LogP contribution in [0.2, 0.25) is 0 Å². The molecule has 2 aromatic heterocycles. The lowest BCUT2D eigenvalue weighted by Gasteiger charge is -2.34. The van der Waals surface area contributed by atoms with E-state index in [0.717, 1.165) is 34.6 Å². The van der Waals surface area contributed by atoms with Crippen molar-refractivity contribution in [2.75, 3.05) is 36.5 Å². The van der Waals surface area contributed by atoms with Gasteiger partial charge in [0.25, 0.3) is 0 Å². The molecule has 29 heavy (non-hydrogen) atoms. The van der Waals surface area contributed by atoms with E-state index in [-0.39, 0.29) is 12.1 Å². The first kappa shape index (κ1) is 19.2. The van der Waals surface area contributed by atoms with Crippen LogP contribution in [-0.4, -0.2) is 52.9 Å². The number of hydrogen-bond donors (Lipinski definition) is 2. The van der Waals surface area contributed by atoms with Crippen LogP contribution in [0.15, 0.2) is 36.5 Å². The number of carbonyl (C=O) groups excluding carboxylic acids is 1. The Morgan fingerprint density at radius 3 is 2.76 bits per heavy atom. The predicted molar refractivity (Wildman–Crippen MR) is 114 cm³/mol. The third kappa shape index (κ3) is 3.88. The second-order valence-electron chi connectivity index (χ2n) is 7.21. The molecule has 1 aromatic carbocycles. The average molecular weight is 394 g/mol. The van der Waals surface area contributed by atoms with E-state index in [2.05, 4.69) is 27.0 Å². The molecule has 1 atom stereocenters. The number of urea groups is 1. The highest BCUT2D eigenvalue weighted by atomic mass is 16.5. The van der Waals surface area contributed by atoms with Crippen LogP contribution in [0.1, 0.15) is 13.8 Å². The van der Waals surface area contributed by atoms with E-state index < -0.39 is 0 Å². The van der Waals surface area contributed by atoms with Crippen molar-refractivity contribution in [1.82, 2.24) is 19.9 Å². The summed E-state index contributed by atoms with van der Waals surface area (Å²) in [7, 11) is 2.02. The van der Waals surface area contributed by atoms with E-state index in [1.807, 2.05) is 50.5 Å². The largest absolute Gasteiger partial charge is 0.377 e. The molecule has 0 saturated carbocycles. The smallest absolute Gasteiger partial charge is 0.319 e. The maximum Gasteiger partial charge on any atom is 0.319 e. The van der Waals surface area contributed by atoms with Gasteiger partial charge in [-0.1, -0.05) is 0 Å². The van der Waals surface area contributed by atoms with Gasteiger partial charge in [0.2, 0.25) is 0 Å². The number of nitrogens with one attached hydrogen (secondary N) is 2. The van der Waals surface area contributed by atoms with Crippen molar-refractivity contribution in [3.63, 3.8) is 0 Å². The molecule has 0 spiro atoms. The van der Waals surface area contributed by atoms with E-state index in [0.29, 0.717) is 25.6 Å². The summed E-state index contributed by atoms with van der Waals surface area (Å²) >= 11 is 0. The van der Waals surface area contributed by atoms with E-state index in [4.69, 9.17) is 14.7 Å². The number of morpholine rings is 1. The minimum Gasteiger partial charge on any atom is -0.377 e. The molecule has 8 nitrogen and oxygen atoms in total. The molecule has 2 amide bonds. The van der Waals surface area contributed by atoms with Crippen LogP contribution in [0, 0.1) is 0 Å². The van der Waals surface area contributed by atoms with Crippen molar-refractivity contribution >= 4 is 28.6 Å². The van der Waals surface area contributed by atoms with Gasteiger partial charge in [-0.25, -0.2) is 14.8 Å². The van der Waals surface area contributed by atoms with Crippen molar-refractivity contribution in [3.8, 4) is 11.4 Å². The second kappa shape index (κ2) is 8.08. The molecule has 0 radical (unpaired) electrons. The molecule has 3 heterocycles. The number of ether oxygens (including phenoxy) is 1. The number of amides is 2. The van der Waals surface area contributed by atoms with E-state index in [1.165, 1.54) is 0 Å². The standard InChI is InChI=1S/C21H26N6O2/c1-4-22-21(28)23-16-7-5-15(6-8-16)19-24-17-9-10-26(3)18(17)20(25-19)27-11-12-29-13-14(27)2/h5-10,14H,4,11-13H2,1-3H3,(H2,22,23,28)/t14-/m0/s1. The zero-order valence-electron chi connectivity index (χ0n) is 17.0. The highest BCUT2D eigenvalue weighted by molar-refractivity contribution is 5.90. The summed E-state index contributed by atoms with van der Waals surface area (Å²) in [6, 6.07) is 9.62. The van der Waals surface area contributed by atoms with Gasteiger partial charge in [0.15, 0.2) is 11.6 Å².